The summed E-state index contributed by atoms with van der Waals surface area (Å²) >= 11 is 3.55. The summed E-state index contributed by atoms with van der Waals surface area (Å²) in [5.74, 6) is -0.138. The first kappa shape index (κ1) is 15.7. The molecule has 2 aromatic carbocycles. The number of hydrogen-bond donors (Lipinski definition) is 0. The first-order valence-corrected chi connectivity index (χ1v) is 7.48. The first-order chi connectivity index (χ1) is 10.0. The Morgan fingerprint density at radius 2 is 1.81 bits per heavy atom. The molecule has 0 aliphatic rings. The second-order valence-electron chi connectivity index (χ2n) is 4.84. The second-order valence-corrected chi connectivity index (χ2v) is 5.70. The number of nitrogens with zero attached hydrogens (tertiary/aromatic N) is 1. The Balaban J connectivity index is 2.37. The summed E-state index contributed by atoms with van der Waals surface area (Å²) in [4.78, 5) is 17.3. The van der Waals surface area contributed by atoms with Crippen LogP contribution in [-0.4, -0.2) is 25.1 Å². The van der Waals surface area contributed by atoms with E-state index in [0.29, 0.717) is 12.0 Å². The summed E-state index contributed by atoms with van der Waals surface area (Å²) in [6.45, 7) is 2.07. The average Bonchev–Trinajstić information content (AvgIpc) is 2.51. The van der Waals surface area contributed by atoms with E-state index in [2.05, 4.69) is 28.9 Å². The van der Waals surface area contributed by atoms with Gasteiger partial charge in [0.15, 0.2) is 0 Å². The fraction of sp³-hybridized carbons (Fsp3) is 0.235. The Bertz CT molecular complexity index is 655. The minimum atomic E-state index is -0.138. The molecule has 0 heterocycles. The fourth-order valence-corrected chi connectivity index (χ4v) is 2.59. The Hall–Kier alpha value is -1.65. The normalized spacial score (nSPS) is 10.5. The number of rotatable bonds is 4. The zero-order chi connectivity index (χ0) is 15.4. The largest absolute Gasteiger partial charge is 0.277 e. The molecule has 4 heteroatoms. The lowest BCUT2D eigenvalue weighted by Crippen LogP contribution is -2.26. The van der Waals surface area contributed by atoms with Gasteiger partial charge < -0.3 is 0 Å². The van der Waals surface area contributed by atoms with Crippen LogP contribution in [0.25, 0.3) is 0 Å². The van der Waals surface area contributed by atoms with Gasteiger partial charge >= 0.3 is 0 Å². The van der Waals surface area contributed by atoms with Crippen LogP contribution in [0.15, 0.2) is 46.9 Å². The molecular formula is C17H18BrNO2. The number of hydroxylamine groups is 2. The molecule has 0 saturated carbocycles. The molecule has 110 valence electrons. The van der Waals surface area contributed by atoms with Gasteiger partial charge in [-0.3, -0.25) is 9.63 Å². The van der Waals surface area contributed by atoms with Crippen LogP contribution in [0.2, 0.25) is 0 Å². The summed E-state index contributed by atoms with van der Waals surface area (Å²) in [6.07, 6.45) is 0.713. The SMILES string of the molecule is CON(C)C(=O)c1ccccc1Cc1cccc(Br)c1C. The van der Waals surface area contributed by atoms with Crippen molar-refractivity contribution in [3.05, 3.63) is 69.2 Å². The Labute approximate surface area is 133 Å². The number of benzene rings is 2. The van der Waals surface area contributed by atoms with Gasteiger partial charge in [0.2, 0.25) is 0 Å². The van der Waals surface area contributed by atoms with Crippen molar-refractivity contribution in [3.63, 3.8) is 0 Å². The highest BCUT2D eigenvalue weighted by Crippen LogP contribution is 2.23. The van der Waals surface area contributed by atoms with Gasteiger partial charge in [-0.25, -0.2) is 5.06 Å². The molecule has 0 spiro atoms. The standard InChI is InChI=1S/C17H18BrNO2/c1-12-13(8-6-10-16(12)18)11-14-7-4-5-9-15(14)17(20)19(2)21-3/h4-10H,11H2,1-3H3. The lowest BCUT2D eigenvalue weighted by atomic mass is 9.96. The highest BCUT2D eigenvalue weighted by atomic mass is 79.9. The molecule has 0 saturated heterocycles. The molecule has 2 rings (SSSR count). The van der Waals surface area contributed by atoms with E-state index >= 15 is 0 Å². The molecule has 0 aliphatic carbocycles. The molecule has 0 bridgehead atoms. The minimum Gasteiger partial charge on any atom is -0.274 e. The van der Waals surface area contributed by atoms with Gasteiger partial charge in [0.05, 0.1) is 7.11 Å². The molecule has 0 aliphatic heterocycles. The van der Waals surface area contributed by atoms with Crippen molar-refractivity contribution in [1.82, 2.24) is 5.06 Å². The molecule has 0 atom stereocenters. The van der Waals surface area contributed by atoms with Gasteiger partial charge in [0, 0.05) is 17.1 Å². The summed E-state index contributed by atoms with van der Waals surface area (Å²) in [7, 11) is 3.10. The second kappa shape index (κ2) is 6.87. The van der Waals surface area contributed by atoms with Gasteiger partial charge in [-0.1, -0.05) is 46.3 Å². The van der Waals surface area contributed by atoms with Crippen molar-refractivity contribution in [2.24, 2.45) is 0 Å². The molecule has 1 amide bonds. The third-order valence-electron chi connectivity index (χ3n) is 3.57. The van der Waals surface area contributed by atoms with Crippen LogP contribution in [0.5, 0.6) is 0 Å². The summed E-state index contributed by atoms with van der Waals surface area (Å²) in [5.41, 5.74) is 4.05. The van der Waals surface area contributed by atoms with Crippen molar-refractivity contribution in [1.29, 1.82) is 0 Å². The van der Waals surface area contributed by atoms with E-state index in [0.717, 1.165) is 10.0 Å². The van der Waals surface area contributed by atoms with Crippen LogP contribution in [0.1, 0.15) is 27.0 Å². The van der Waals surface area contributed by atoms with Gasteiger partial charge in [-0.05, 0) is 42.2 Å². The van der Waals surface area contributed by atoms with E-state index in [9.17, 15) is 4.79 Å². The van der Waals surface area contributed by atoms with E-state index in [1.807, 2.05) is 36.4 Å². The Morgan fingerprint density at radius 1 is 1.14 bits per heavy atom. The van der Waals surface area contributed by atoms with Crippen LogP contribution < -0.4 is 0 Å². The van der Waals surface area contributed by atoms with Crippen molar-refractivity contribution < 1.29 is 9.63 Å². The van der Waals surface area contributed by atoms with Gasteiger partial charge in [0.1, 0.15) is 0 Å². The lowest BCUT2D eigenvalue weighted by molar-refractivity contribution is -0.0757. The van der Waals surface area contributed by atoms with Crippen LogP contribution in [-0.2, 0) is 11.3 Å². The van der Waals surface area contributed by atoms with Crippen molar-refractivity contribution >= 4 is 21.8 Å². The van der Waals surface area contributed by atoms with Crippen molar-refractivity contribution in [3.8, 4) is 0 Å². The molecule has 0 unspecified atom stereocenters. The van der Waals surface area contributed by atoms with Crippen molar-refractivity contribution in [2.75, 3.05) is 14.2 Å². The van der Waals surface area contributed by atoms with E-state index in [1.54, 1.807) is 7.05 Å². The molecule has 0 aromatic heterocycles. The third kappa shape index (κ3) is 3.52. The number of hydrogen-bond acceptors (Lipinski definition) is 2. The third-order valence-corrected chi connectivity index (χ3v) is 4.43. The predicted molar refractivity (Wildman–Crippen MR) is 87.2 cm³/mol. The van der Waals surface area contributed by atoms with Crippen LogP contribution in [0, 0.1) is 6.92 Å². The first-order valence-electron chi connectivity index (χ1n) is 6.68. The number of halogens is 1. The van der Waals surface area contributed by atoms with E-state index < -0.39 is 0 Å². The molecule has 0 radical (unpaired) electrons. The molecule has 21 heavy (non-hydrogen) atoms. The highest BCUT2D eigenvalue weighted by molar-refractivity contribution is 9.10. The van der Waals surface area contributed by atoms with E-state index in [1.165, 1.54) is 23.3 Å². The maximum Gasteiger partial charge on any atom is 0.277 e. The summed E-state index contributed by atoms with van der Waals surface area (Å²) < 4.78 is 1.08. The van der Waals surface area contributed by atoms with Crippen LogP contribution >= 0.6 is 15.9 Å². The molecule has 3 nitrogen and oxygen atoms in total. The maximum absolute atomic E-state index is 12.3. The smallest absolute Gasteiger partial charge is 0.274 e. The van der Waals surface area contributed by atoms with Gasteiger partial charge in [-0.2, -0.15) is 0 Å². The zero-order valence-electron chi connectivity index (χ0n) is 12.4. The van der Waals surface area contributed by atoms with Crippen LogP contribution in [0.3, 0.4) is 0 Å². The summed E-state index contributed by atoms with van der Waals surface area (Å²) in [6, 6.07) is 13.8. The minimum absolute atomic E-state index is 0.138. The number of carbonyl (C=O) groups excluding carboxylic acids is 1. The van der Waals surface area contributed by atoms with E-state index in [-0.39, 0.29) is 5.91 Å². The van der Waals surface area contributed by atoms with Gasteiger partial charge in [-0.15, -0.1) is 0 Å². The fourth-order valence-electron chi connectivity index (χ4n) is 2.18. The van der Waals surface area contributed by atoms with Crippen LogP contribution in [0.4, 0.5) is 0 Å². The number of carbonyl (C=O) groups is 1. The van der Waals surface area contributed by atoms with Crippen molar-refractivity contribution in [2.45, 2.75) is 13.3 Å². The molecule has 0 fully saturated rings. The molecule has 2 aromatic rings. The quantitative estimate of drug-likeness (QED) is 0.782. The topological polar surface area (TPSA) is 29.5 Å². The average molecular weight is 348 g/mol. The zero-order valence-corrected chi connectivity index (χ0v) is 14.0. The summed E-state index contributed by atoms with van der Waals surface area (Å²) in [5, 5.41) is 1.24. The maximum atomic E-state index is 12.3. The highest BCUT2D eigenvalue weighted by Gasteiger charge is 2.16. The van der Waals surface area contributed by atoms with Gasteiger partial charge in [0.25, 0.3) is 5.91 Å². The molecule has 0 N–H and O–H groups in total. The number of amides is 1. The molecular weight excluding hydrogens is 330 g/mol. The predicted octanol–water partition coefficient (Wildman–Crippen LogP) is 3.98. The lowest BCUT2D eigenvalue weighted by Gasteiger charge is -2.17. The van der Waals surface area contributed by atoms with E-state index in [4.69, 9.17) is 4.84 Å². The Morgan fingerprint density at radius 3 is 2.52 bits per heavy atom. The Kier molecular flexibility index (Phi) is 5.15. The monoisotopic (exact) mass is 347 g/mol.